The van der Waals surface area contributed by atoms with Crippen LogP contribution in [0.5, 0.6) is 5.75 Å². The first kappa shape index (κ1) is 13.4. The molecule has 0 saturated heterocycles. The van der Waals surface area contributed by atoms with Crippen molar-refractivity contribution in [2.75, 3.05) is 19.0 Å². The van der Waals surface area contributed by atoms with Crippen LogP contribution in [0.4, 0.5) is 5.69 Å². The van der Waals surface area contributed by atoms with Gasteiger partial charge in [-0.05, 0) is 51.0 Å². The van der Waals surface area contributed by atoms with E-state index in [-0.39, 0.29) is 5.41 Å². The summed E-state index contributed by atoms with van der Waals surface area (Å²) in [6, 6.07) is 6.35. The minimum absolute atomic E-state index is 0.361. The van der Waals surface area contributed by atoms with E-state index in [2.05, 4.69) is 17.5 Å². The molecule has 1 N–H and O–H groups in total. The molecule has 0 spiro atoms. The molecule has 1 aromatic carbocycles. The molecule has 0 bridgehead atoms. The van der Waals surface area contributed by atoms with Crippen molar-refractivity contribution in [2.45, 2.75) is 27.7 Å². The number of hydrogen-bond acceptors (Lipinski definition) is 3. The molecular weight excluding hydrogens is 212 g/mol. The van der Waals surface area contributed by atoms with Gasteiger partial charge >= 0.3 is 0 Å². The number of benzene rings is 1. The molecule has 0 amide bonds. The standard InChI is InChI=1S/C14H20N2O/c1-10-7-13(17-5)11(2)6-12(10)16-9-14(3,4)8-15/h6-7,16H,9H2,1-5H3. The van der Waals surface area contributed by atoms with E-state index in [1.807, 2.05) is 33.8 Å². The van der Waals surface area contributed by atoms with Gasteiger partial charge in [0.15, 0.2) is 0 Å². The van der Waals surface area contributed by atoms with Gasteiger partial charge in [0.2, 0.25) is 0 Å². The maximum Gasteiger partial charge on any atom is 0.122 e. The summed E-state index contributed by atoms with van der Waals surface area (Å²) in [4.78, 5) is 0. The van der Waals surface area contributed by atoms with Crippen molar-refractivity contribution < 1.29 is 4.74 Å². The average molecular weight is 232 g/mol. The van der Waals surface area contributed by atoms with Gasteiger partial charge in [-0.15, -0.1) is 0 Å². The third kappa shape index (κ3) is 3.39. The molecule has 0 aliphatic carbocycles. The summed E-state index contributed by atoms with van der Waals surface area (Å²) in [7, 11) is 1.67. The number of hydrogen-bond donors (Lipinski definition) is 1. The molecular formula is C14H20N2O. The normalized spacial score (nSPS) is 10.8. The highest BCUT2D eigenvalue weighted by molar-refractivity contribution is 5.57. The van der Waals surface area contributed by atoms with Crippen LogP contribution in [-0.4, -0.2) is 13.7 Å². The molecule has 17 heavy (non-hydrogen) atoms. The van der Waals surface area contributed by atoms with Crippen LogP contribution in [0.15, 0.2) is 12.1 Å². The van der Waals surface area contributed by atoms with Crippen molar-refractivity contribution in [3.8, 4) is 11.8 Å². The monoisotopic (exact) mass is 232 g/mol. The number of nitriles is 1. The van der Waals surface area contributed by atoms with Crippen LogP contribution in [-0.2, 0) is 0 Å². The highest BCUT2D eigenvalue weighted by Gasteiger charge is 2.16. The Kier molecular flexibility index (Phi) is 4.01. The fourth-order valence-corrected chi connectivity index (χ4v) is 1.56. The largest absolute Gasteiger partial charge is 0.496 e. The summed E-state index contributed by atoms with van der Waals surface area (Å²) in [6.07, 6.45) is 0. The summed E-state index contributed by atoms with van der Waals surface area (Å²) in [5, 5.41) is 12.3. The Balaban J connectivity index is 2.87. The number of anilines is 1. The third-order valence-electron chi connectivity index (χ3n) is 2.77. The maximum absolute atomic E-state index is 8.97. The molecule has 1 aromatic rings. The lowest BCUT2D eigenvalue weighted by Crippen LogP contribution is -2.21. The first-order chi connectivity index (χ1) is 7.89. The van der Waals surface area contributed by atoms with Crippen LogP contribution < -0.4 is 10.1 Å². The number of aryl methyl sites for hydroxylation is 2. The zero-order valence-electron chi connectivity index (χ0n) is 11.2. The van der Waals surface area contributed by atoms with Gasteiger partial charge in [-0.1, -0.05) is 0 Å². The molecule has 3 nitrogen and oxygen atoms in total. The number of nitrogens with one attached hydrogen (secondary N) is 1. The average Bonchev–Trinajstić information content (AvgIpc) is 2.29. The van der Waals surface area contributed by atoms with Gasteiger partial charge in [0, 0.05) is 12.2 Å². The van der Waals surface area contributed by atoms with Crippen molar-refractivity contribution in [2.24, 2.45) is 5.41 Å². The van der Waals surface area contributed by atoms with Gasteiger partial charge in [0.05, 0.1) is 18.6 Å². The molecule has 0 saturated carbocycles. The maximum atomic E-state index is 8.97. The Labute approximate surface area is 103 Å². The lowest BCUT2D eigenvalue weighted by Gasteiger charge is -2.19. The van der Waals surface area contributed by atoms with Crippen LogP contribution in [0.1, 0.15) is 25.0 Å². The molecule has 0 aromatic heterocycles. The second-order valence-corrected chi connectivity index (χ2v) is 4.99. The van der Waals surface area contributed by atoms with E-state index >= 15 is 0 Å². The highest BCUT2D eigenvalue weighted by Crippen LogP contribution is 2.26. The molecule has 1 rings (SSSR count). The molecule has 0 unspecified atom stereocenters. The number of nitrogens with zero attached hydrogens (tertiary/aromatic N) is 1. The zero-order chi connectivity index (χ0) is 13.1. The minimum Gasteiger partial charge on any atom is -0.496 e. The van der Waals surface area contributed by atoms with Crippen LogP contribution >= 0.6 is 0 Å². The predicted octanol–water partition coefficient (Wildman–Crippen LogP) is 3.27. The van der Waals surface area contributed by atoms with E-state index in [0.717, 1.165) is 22.6 Å². The van der Waals surface area contributed by atoms with E-state index in [4.69, 9.17) is 10.00 Å². The first-order valence-electron chi connectivity index (χ1n) is 5.70. The Morgan fingerprint density at radius 3 is 2.47 bits per heavy atom. The topological polar surface area (TPSA) is 45.0 Å². The van der Waals surface area contributed by atoms with Gasteiger partial charge in [-0.25, -0.2) is 0 Å². The second-order valence-electron chi connectivity index (χ2n) is 4.99. The SMILES string of the molecule is COc1cc(C)c(NCC(C)(C)C#N)cc1C. The highest BCUT2D eigenvalue weighted by atomic mass is 16.5. The van der Waals surface area contributed by atoms with Gasteiger partial charge in [-0.2, -0.15) is 5.26 Å². The third-order valence-corrected chi connectivity index (χ3v) is 2.77. The van der Waals surface area contributed by atoms with Crippen molar-refractivity contribution in [3.63, 3.8) is 0 Å². The van der Waals surface area contributed by atoms with E-state index < -0.39 is 0 Å². The van der Waals surface area contributed by atoms with Crippen molar-refractivity contribution in [1.82, 2.24) is 0 Å². The van der Waals surface area contributed by atoms with Crippen LogP contribution in [0.2, 0.25) is 0 Å². The Morgan fingerprint density at radius 2 is 1.94 bits per heavy atom. The number of ether oxygens (including phenoxy) is 1. The van der Waals surface area contributed by atoms with Crippen molar-refractivity contribution in [1.29, 1.82) is 5.26 Å². The van der Waals surface area contributed by atoms with Gasteiger partial charge < -0.3 is 10.1 Å². The Morgan fingerprint density at radius 1 is 1.29 bits per heavy atom. The molecule has 0 aliphatic heterocycles. The lowest BCUT2D eigenvalue weighted by molar-refractivity contribution is 0.411. The molecule has 0 heterocycles. The molecule has 0 fully saturated rings. The molecule has 92 valence electrons. The Bertz CT molecular complexity index is 444. The Hall–Kier alpha value is -1.69. The smallest absolute Gasteiger partial charge is 0.122 e. The fourth-order valence-electron chi connectivity index (χ4n) is 1.56. The summed E-state index contributed by atoms with van der Waals surface area (Å²) in [5.74, 6) is 0.896. The first-order valence-corrected chi connectivity index (χ1v) is 5.70. The van der Waals surface area contributed by atoms with Crippen molar-refractivity contribution in [3.05, 3.63) is 23.3 Å². The van der Waals surface area contributed by atoms with E-state index in [0.29, 0.717) is 6.54 Å². The summed E-state index contributed by atoms with van der Waals surface area (Å²) in [5.41, 5.74) is 2.92. The van der Waals surface area contributed by atoms with Gasteiger partial charge in [0.1, 0.15) is 5.75 Å². The fraction of sp³-hybridized carbons (Fsp3) is 0.500. The molecule has 0 aliphatic rings. The van der Waals surface area contributed by atoms with Gasteiger partial charge in [-0.3, -0.25) is 0 Å². The van der Waals surface area contributed by atoms with Crippen LogP contribution in [0.25, 0.3) is 0 Å². The summed E-state index contributed by atoms with van der Waals surface area (Å²) < 4.78 is 5.27. The second kappa shape index (κ2) is 5.09. The summed E-state index contributed by atoms with van der Waals surface area (Å²) in [6.45, 7) is 8.52. The number of rotatable bonds is 4. The van der Waals surface area contributed by atoms with Crippen LogP contribution in [0.3, 0.4) is 0 Å². The summed E-state index contributed by atoms with van der Waals surface area (Å²) >= 11 is 0. The minimum atomic E-state index is -0.361. The van der Waals surface area contributed by atoms with E-state index in [1.165, 1.54) is 0 Å². The zero-order valence-corrected chi connectivity index (χ0v) is 11.2. The van der Waals surface area contributed by atoms with Crippen LogP contribution in [0, 0.1) is 30.6 Å². The number of methoxy groups -OCH3 is 1. The van der Waals surface area contributed by atoms with E-state index in [1.54, 1.807) is 7.11 Å². The predicted molar refractivity (Wildman–Crippen MR) is 70.4 cm³/mol. The molecule has 0 atom stereocenters. The van der Waals surface area contributed by atoms with E-state index in [9.17, 15) is 0 Å². The molecule has 3 heteroatoms. The van der Waals surface area contributed by atoms with Gasteiger partial charge in [0.25, 0.3) is 0 Å². The molecule has 0 radical (unpaired) electrons. The van der Waals surface area contributed by atoms with Crippen molar-refractivity contribution >= 4 is 5.69 Å². The quantitative estimate of drug-likeness (QED) is 0.866. The lowest BCUT2D eigenvalue weighted by atomic mass is 9.95.